The van der Waals surface area contributed by atoms with Gasteiger partial charge in [-0.25, -0.2) is 8.42 Å². The first kappa shape index (κ1) is 21.9. The lowest BCUT2D eigenvalue weighted by atomic mass is 10.1. The summed E-state index contributed by atoms with van der Waals surface area (Å²) in [6.07, 6.45) is 1.69. The maximum Gasteiger partial charge on any atom is 0.257 e. The number of nitrogens with one attached hydrogen (secondary N) is 1. The minimum atomic E-state index is -3.65. The number of nitrogens with zero attached hydrogens (tertiary/aromatic N) is 2. The second-order valence-corrected chi connectivity index (χ2v) is 10.5. The van der Waals surface area contributed by atoms with Gasteiger partial charge in [0.1, 0.15) is 0 Å². The Balaban J connectivity index is 1.49. The Morgan fingerprint density at radius 2 is 1.70 bits per heavy atom. The third-order valence-corrected chi connectivity index (χ3v) is 8.46. The van der Waals surface area contributed by atoms with Crippen molar-refractivity contribution in [2.75, 3.05) is 18.4 Å². The van der Waals surface area contributed by atoms with Crippen LogP contribution in [-0.4, -0.2) is 36.3 Å². The first-order valence-electron chi connectivity index (χ1n) is 11.0. The van der Waals surface area contributed by atoms with Crippen molar-refractivity contribution in [2.24, 2.45) is 0 Å². The zero-order valence-corrected chi connectivity index (χ0v) is 19.8. The van der Waals surface area contributed by atoms with E-state index in [9.17, 15) is 13.2 Å². The van der Waals surface area contributed by atoms with Gasteiger partial charge in [0.2, 0.25) is 10.0 Å². The molecular formula is C25H24ClN3O3S. The molecule has 8 heteroatoms. The van der Waals surface area contributed by atoms with Crippen LogP contribution in [0, 0.1) is 0 Å². The number of aromatic nitrogens is 1. The molecule has 2 heterocycles. The smallest absolute Gasteiger partial charge is 0.257 e. The van der Waals surface area contributed by atoms with Crippen molar-refractivity contribution in [1.29, 1.82) is 0 Å². The first-order chi connectivity index (χ1) is 15.9. The lowest BCUT2D eigenvalue weighted by Crippen LogP contribution is -2.28. The number of fused-ring (bicyclic) bond motifs is 3. The number of rotatable bonds is 5. The van der Waals surface area contributed by atoms with Gasteiger partial charge < -0.3 is 9.88 Å². The Morgan fingerprint density at radius 1 is 0.970 bits per heavy atom. The van der Waals surface area contributed by atoms with Gasteiger partial charge in [0.05, 0.1) is 15.5 Å². The number of anilines is 1. The van der Waals surface area contributed by atoms with Crippen LogP contribution in [0.3, 0.4) is 0 Å². The number of hydrogen-bond donors (Lipinski definition) is 1. The Hall–Kier alpha value is -2.87. The van der Waals surface area contributed by atoms with Gasteiger partial charge in [0, 0.05) is 47.1 Å². The van der Waals surface area contributed by atoms with Crippen LogP contribution in [0.4, 0.5) is 5.69 Å². The molecule has 0 aliphatic carbocycles. The van der Waals surface area contributed by atoms with E-state index in [1.807, 2.05) is 30.3 Å². The molecule has 3 aromatic carbocycles. The summed E-state index contributed by atoms with van der Waals surface area (Å²) in [6.45, 7) is 3.94. The molecule has 5 rings (SSSR count). The van der Waals surface area contributed by atoms with E-state index in [4.69, 9.17) is 11.6 Å². The summed E-state index contributed by atoms with van der Waals surface area (Å²) in [5.41, 5.74) is 2.98. The van der Waals surface area contributed by atoms with Crippen LogP contribution < -0.4 is 5.32 Å². The van der Waals surface area contributed by atoms with Crippen molar-refractivity contribution in [2.45, 2.75) is 31.2 Å². The standard InChI is InChI=1S/C25H24ClN3O3S/c1-2-29-23-8-4-3-7-19(23)20-15-17(9-12-24(20)29)27-25(30)21-16-18(10-11-22(21)26)33(31,32)28-13-5-6-14-28/h3-4,7-12,15-16H,2,5-6,13-14H2,1H3,(H,27,30). The van der Waals surface area contributed by atoms with Crippen LogP contribution >= 0.6 is 11.6 Å². The van der Waals surface area contributed by atoms with Crippen molar-refractivity contribution in [3.8, 4) is 0 Å². The fraction of sp³-hybridized carbons (Fsp3) is 0.240. The molecule has 1 aromatic heterocycles. The van der Waals surface area contributed by atoms with E-state index in [-0.39, 0.29) is 15.5 Å². The summed E-state index contributed by atoms with van der Waals surface area (Å²) < 4.78 is 29.5. The van der Waals surface area contributed by atoms with E-state index in [2.05, 4.69) is 28.9 Å². The summed E-state index contributed by atoms with van der Waals surface area (Å²) in [6, 6.07) is 18.2. The molecule has 0 saturated carbocycles. The Bertz CT molecular complexity index is 1490. The molecule has 1 fully saturated rings. The Labute approximate surface area is 197 Å². The van der Waals surface area contributed by atoms with Gasteiger partial charge in [-0.1, -0.05) is 29.8 Å². The van der Waals surface area contributed by atoms with E-state index in [1.54, 1.807) is 0 Å². The SMILES string of the molecule is CCn1c2ccccc2c2cc(NC(=O)c3cc(S(=O)(=O)N4CCCC4)ccc3Cl)ccc21. The summed E-state index contributed by atoms with van der Waals surface area (Å²) in [5.74, 6) is -0.447. The second-order valence-electron chi connectivity index (χ2n) is 8.20. The van der Waals surface area contributed by atoms with Crippen LogP contribution in [0.2, 0.25) is 5.02 Å². The maximum atomic E-state index is 13.1. The van der Waals surface area contributed by atoms with Crippen molar-refractivity contribution in [1.82, 2.24) is 8.87 Å². The minimum Gasteiger partial charge on any atom is -0.341 e. The largest absolute Gasteiger partial charge is 0.341 e. The van der Waals surface area contributed by atoms with Crippen LogP contribution in [0.25, 0.3) is 21.8 Å². The minimum absolute atomic E-state index is 0.0837. The maximum absolute atomic E-state index is 13.1. The third kappa shape index (κ3) is 3.80. The van der Waals surface area contributed by atoms with Crippen molar-refractivity contribution in [3.63, 3.8) is 0 Å². The predicted molar refractivity (Wildman–Crippen MR) is 133 cm³/mol. The molecule has 33 heavy (non-hydrogen) atoms. The molecule has 1 aliphatic rings. The van der Waals surface area contributed by atoms with Crippen molar-refractivity contribution < 1.29 is 13.2 Å². The number of amides is 1. The second kappa shape index (κ2) is 8.48. The van der Waals surface area contributed by atoms with Crippen molar-refractivity contribution >= 4 is 55.0 Å². The Kier molecular flexibility index (Phi) is 5.64. The number of benzene rings is 3. The lowest BCUT2D eigenvalue weighted by molar-refractivity contribution is 0.102. The Morgan fingerprint density at radius 3 is 2.45 bits per heavy atom. The topological polar surface area (TPSA) is 71.4 Å². The number of carbonyl (C=O) groups excluding carboxylic acids is 1. The third-order valence-electron chi connectivity index (χ3n) is 6.23. The van der Waals surface area contributed by atoms with E-state index in [0.29, 0.717) is 18.8 Å². The molecule has 1 saturated heterocycles. The van der Waals surface area contributed by atoms with Crippen LogP contribution in [0.5, 0.6) is 0 Å². The highest BCUT2D eigenvalue weighted by Gasteiger charge is 2.28. The summed E-state index contributed by atoms with van der Waals surface area (Å²) in [4.78, 5) is 13.2. The molecule has 0 radical (unpaired) electrons. The molecule has 0 spiro atoms. The lowest BCUT2D eigenvalue weighted by Gasteiger charge is -2.16. The zero-order valence-electron chi connectivity index (χ0n) is 18.2. The van der Waals surface area contributed by atoms with Crippen LogP contribution in [-0.2, 0) is 16.6 Å². The number of para-hydroxylation sites is 1. The molecule has 1 amide bonds. The van der Waals surface area contributed by atoms with Gasteiger partial charge in [0.15, 0.2) is 0 Å². The molecular weight excluding hydrogens is 458 g/mol. The number of hydrogen-bond acceptors (Lipinski definition) is 3. The molecule has 0 unspecified atom stereocenters. The molecule has 6 nitrogen and oxygen atoms in total. The molecule has 4 aromatic rings. The first-order valence-corrected chi connectivity index (χ1v) is 12.8. The van der Waals surface area contributed by atoms with Gasteiger partial charge in [-0.2, -0.15) is 4.31 Å². The summed E-state index contributed by atoms with van der Waals surface area (Å²) in [5, 5.41) is 5.25. The predicted octanol–water partition coefficient (Wildman–Crippen LogP) is 5.50. The number of sulfonamides is 1. The van der Waals surface area contributed by atoms with E-state index < -0.39 is 15.9 Å². The van der Waals surface area contributed by atoms with E-state index >= 15 is 0 Å². The summed E-state index contributed by atoms with van der Waals surface area (Å²) in [7, 11) is -3.65. The highest BCUT2D eigenvalue weighted by molar-refractivity contribution is 7.89. The highest BCUT2D eigenvalue weighted by Crippen LogP contribution is 2.32. The van der Waals surface area contributed by atoms with Gasteiger partial charge in [-0.3, -0.25) is 4.79 Å². The van der Waals surface area contributed by atoms with Gasteiger partial charge in [-0.05, 0) is 62.2 Å². The van der Waals surface area contributed by atoms with Gasteiger partial charge >= 0.3 is 0 Å². The quantitative estimate of drug-likeness (QED) is 0.409. The van der Waals surface area contributed by atoms with Crippen LogP contribution in [0.1, 0.15) is 30.1 Å². The van der Waals surface area contributed by atoms with Crippen LogP contribution in [0.15, 0.2) is 65.6 Å². The monoisotopic (exact) mass is 481 g/mol. The fourth-order valence-electron chi connectivity index (χ4n) is 4.59. The zero-order chi connectivity index (χ0) is 23.2. The van der Waals surface area contributed by atoms with Crippen molar-refractivity contribution in [3.05, 3.63) is 71.2 Å². The van der Waals surface area contributed by atoms with E-state index in [0.717, 1.165) is 41.2 Å². The van der Waals surface area contributed by atoms with E-state index in [1.165, 1.54) is 22.5 Å². The average molecular weight is 482 g/mol. The number of carbonyl (C=O) groups is 1. The summed E-state index contributed by atoms with van der Waals surface area (Å²) >= 11 is 6.29. The highest BCUT2D eigenvalue weighted by atomic mass is 35.5. The van der Waals surface area contributed by atoms with Gasteiger partial charge in [-0.15, -0.1) is 0 Å². The average Bonchev–Trinajstić information content (AvgIpc) is 3.46. The molecule has 1 N–H and O–H groups in total. The normalized spacial score (nSPS) is 14.8. The fourth-order valence-corrected chi connectivity index (χ4v) is 6.33. The molecule has 170 valence electrons. The van der Waals surface area contributed by atoms with Gasteiger partial charge in [0.25, 0.3) is 5.91 Å². The molecule has 1 aliphatic heterocycles. The number of aryl methyl sites for hydroxylation is 1. The molecule has 0 bridgehead atoms. The molecule has 0 atom stereocenters. The number of halogens is 1.